The van der Waals surface area contributed by atoms with Gasteiger partial charge in [-0.05, 0) is 62.6 Å². The fourth-order valence-corrected chi connectivity index (χ4v) is 6.64. The van der Waals surface area contributed by atoms with Crippen molar-refractivity contribution in [3.63, 3.8) is 0 Å². The average Bonchev–Trinajstić information content (AvgIpc) is 3.30. The number of sulfonamides is 1. The zero-order valence-corrected chi connectivity index (χ0v) is 24.2. The number of anilines is 1. The predicted molar refractivity (Wildman–Crippen MR) is 157 cm³/mol. The van der Waals surface area contributed by atoms with Crippen LogP contribution in [0.15, 0.2) is 77.7 Å². The molecule has 0 aliphatic rings. The minimum Gasteiger partial charge on any atom is -0.309 e. The number of carbonyl (C=O) groups excluding carboxylic acids is 1. The van der Waals surface area contributed by atoms with Gasteiger partial charge < -0.3 is 5.32 Å². The average molecular weight is 565 g/mol. The molecule has 7 nitrogen and oxygen atoms in total. The third kappa shape index (κ3) is 6.58. The number of benzene rings is 3. The number of unbranched alkanes of at least 4 members (excludes halogenated alkanes) is 1. The third-order valence-electron chi connectivity index (χ3n) is 6.40. The van der Waals surface area contributed by atoms with E-state index in [0.717, 1.165) is 17.5 Å². The van der Waals surface area contributed by atoms with Crippen LogP contribution >= 0.6 is 11.6 Å². The zero-order valence-electron chi connectivity index (χ0n) is 22.6. The van der Waals surface area contributed by atoms with E-state index < -0.39 is 15.9 Å². The van der Waals surface area contributed by atoms with Crippen LogP contribution in [0, 0.1) is 20.8 Å². The van der Waals surface area contributed by atoms with E-state index in [1.165, 1.54) is 4.31 Å². The number of nitrogens with zero attached hydrogens (tertiary/aromatic N) is 3. The van der Waals surface area contributed by atoms with Gasteiger partial charge in [0, 0.05) is 23.2 Å². The Bertz CT molecular complexity index is 1540. The molecule has 4 aromatic rings. The summed E-state index contributed by atoms with van der Waals surface area (Å²) in [4.78, 5) is 13.7. The number of halogens is 1. The summed E-state index contributed by atoms with van der Waals surface area (Å²) >= 11 is 6.09. The van der Waals surface area contributed by atoms with Crippen molar-refractivity contribution in [2.75, 3.05) is 18.4 Å². The highest BCUT2D eigenvalue weighted by atomic mass is 35.5. The molecule has 0 saturated carbocycles. The lowest BCUT2D eigenvalue weighted by Crippen LogP contribution is -2.39. The summed E-state index contributed by atoms with van der Waals surface area (Å²) in [7, 11) is -3.91. The molecule has 0 atom stereocenters. The maximum atomic E-state index is 13.8. The molecule has 4 rings (SSSR count). The van der Waals surface area contributed by atoms with Crippen molar-refractivity contribution in [1.29, 1.82) is 0 Å². The number of hydrogen-bond donors (Lipinski definition) is 1. The molecule has 1 amide bonds. The Balaban J connectivity index is 1.67. The molecule has 0 fully saturated rings. The monoisotopic (exact) mass is 564 g/mol. The molecule has 1 N–H and O–H groups in total. The fraction of sp³-hybridized carbons (Fsp3) is 0.267. The Kier molecular flexibility index (Phi) is 8.90. The van der Waals surface area contributed by atoms with Crippen LogP contribution in [0.5, 0.6) is 0 Å². The first kappa shape index (κ1) is 28.5. The summed E-state index contributed by atoms with van der Waals surface area (Å²) in [6.45, 7) is 7.43. The Morgan fingerprint density at radius 2 is 1.62 bits per heavy atom. The molecule has 0 unspecified atom stereocenters. The smallest absolute Gasteiger partial charge is 0.244 e. The number of aromatic nitrogens is 2. The standard InChI is InChI=1S/C30H33ClN4O3S/c1-5-6-16-34(39(37,38)30-22(3)17-21(2)18-23(30)4)20-29(36)32-28-19-27(24-10-8-7-9-11-24)33-35(28)26-14-12-25(31)13-15-26/h7-15,17-19H,5-6,16,20H2,1-4H3,(H,32,36). The molecule has 9 heteroatoms. The van der Waals surface area contributed by atoms with Crippen LogP contribution in [0.2, 0.25) is 5.02 Å². The van der Waals surface area contributed by atoms with Crippen LogP contribution in [-0.2, 0) is 14.8 Å². The van der Waals surface area contributed by atoms with E-state index in [9.17, 15) is 13.2 Å². The largest absolute Gasteiger partial charge is 0.309 e. The van der Waals surface area contributed by atoms with Crippen molar-refractivity contribution in [1.82, 2.24) is 14.1 Å². The van der Waals surface area contributed by atoms with Crippen LogP contribution in [-0.4, -0.2) is 41.5 Å². The van der Waals surface area contributed by atoms with E-state index >= 15 is 0 Å². The zero-order chi connectivity index (χ0) is 28.2. The minimum absolute atomic E-state index is 0.241. The van der Waals surface area contributed by atoms with Crippen molar-refractivity contribution in [2.24, 2.45) is 0 Å². The first-order valence-electron chi connectivity index (χ1n) is 12.9. The topological polar surface area (TPSA) is 84.3 Å². The summed E-state index contributed by atoms with van der Waals surface area (Å²) in [6.07, 6.45) is 1.43. The van der Waals surface area contributed by atoms with Crippen molar-refractivity contribution in [2.45, 2.75) is 45.4 Å². The molecule has 204 valence electrons. The molecule has 0 bridgehead atoms. The Morgan fingerprint density at radius 3 is 2.23 bits per heavy atom. The fourth-order valence-electron chi connectivity index (χ4n) is 4.66. The van der Waals surface area contributed by atoms with Crippen LogP contribution in [0.4, 0.5) is 5.82 Å². The molecule has 0 aliphatic carbocycles. The summed E-state index contributed by atoms with van der Waals surface area (Å²) in [5.41, 5.74) is 4.59. The molecule has 0 aliphatic heterocycles. The van der Waals surface area contributed by atoms with E-state index in [1.807, 2.05) is 56.3 Å². The van der Waals surface area contributed by atoms with Crippen molar-refractivity contribution in [3.8, 4) is 16.9 Å². The number of hydrogen-bond acceptors (Lipinski definition) is 4. The van der Waals surface area contributed by atoms with Crippen LogP contribution in [0.1, 0.15) is 36.5 Å². The number of nitrogens with one attached hydrogen (secondary N) is 1. The second-order valence-corrected chi connectivity index (χ2v) is 11.9. The van der Waals surface area contributed by atoms with Gasteiger partial charge in [0.1, 0.15) is 5.82 Å². The van der Waals surface area contributed by atoms with E-state index in [-0.39, 0.29) is 18.0 Å². The van der Waals surface area contributed by atoms with Gasteiger partial charge in [-0.25, -0.2) is 13.1 Å². The molecule has 39 heavy (non-hydrogen) atoms. The van der Waals surface area contributed by atoms with E-state index in [1.54, 1.807) is 48.9 Å². The number of amides is 1. The van der Waals surface area contributed by atoms with Crippen LogP contribution in [0.3, 0.4) is 0 Å². The van der Waals surface area contributed by atoms with Gasteiger partial charge in [-0.2, -0.15) is 9.40 Å². The van der Waals surface area contributed by atoms with Crippen molar-refractivity contribution in [3.05, 3.63) is 94.5 Å². The molecule has 0 radical (unpaired) electrons. The van der Waals surface area contributed by atoms with Gasteiger partial charge in [0.05, 0.1) is 22.8 Å². The first-order valence-corrected chi connectivity index (χ1v) is 14.7. The summed E-state index contributed by atoms with van der Waals surface area (Å²) in [6, 6.07) is 22.2. The number of rotatable bonds is 10. The molecule has 1 heterocycles. The molecule has 0 saturated heterocycles. The second kappa shape index (κ2) is 12.2. The molecule has 0 spiro atoms. The van der Waals surface area contributed by atoms with E-state index in [2.05, 4.69) is 5.32 Å². The third-order valence-corrected chi connectivity index (χ3v) is 8.80. The van der Waals surface area contributed by atoms with Crippen LogP contribution < -0.4 is 5.32 Å². The summed E-state index contributed by atoms with van der Waals surface area (Å²) in [5.74, 6) is -0.0245. The molecule has 1 aromatic heterocycles. The lowest BCUT2D eigenvalue weighted by Gasteiger charge is -2.24. The van der Waals surface area contributed by atoms with Gasteiger partial charge in [0.2, 0.25) is 15.9 Å². The molecular formula is C30H33ClN4O3S. The highest BCUT2D eigenvalue weighted by Gasteiger charge is 2.29. The number of aryl methyl sites for hydroxylation is 3. The van der Waals surface area contributed by atoms with Crippen LogP contribution in [0.25, 0.3) is 16.9 Å². The molecular weight excluding hydrogens is 532 g/mol. The van der Waals surface area contributed by atoms with Gasteiger partial charge in [0.25, 0.3) is 0 Å². The van der Waals surface area contributed by atoms with Gasteiger partial charge in [-0.1, -0.05) is 73.0 Å². The van der Waals surface area contributed by atoms with Crippen molar-refractivity contribution < 1.29 is 13.2 Å². The highest BCUT2D eigenvalue weighted by Crippen LogP contribution is 2.27. The lowest BCUT2D eigenvalue weighted by molar-refractivity contribution is -0.116. The lowest BCUT2D eigenvalue weighted by atomic mass is 10.1. The van der Waals surface area contributed by atoms with Gasteiger partial charge in [-0.3, -0.25) is 4.79 Å². The Morgan fingerprint density at radius 1 is 0.974 bits per heavy atom. The quantitative estimate of drug-likeness (QED) is 0.237. The summed E-state index contributed by atoms with van der Waals surface area (Å²) < 4.78 is 30.5. The Labute approximate surface area is 235 Å². The van der Waals surface area contributed by atoms with Crippen molar-refractivity contribution >= 4 is 33.3 Å². The Hall–Kier alpha value is -3.46. The molecule has 3 aromatic carbocycles. The second-order valence-electron chi connectivity index (χ2n) is 9.64. The maximum Gasteiger partial charge on any atom is 0.244 e. The summed E-state index contributed by atoms with van der Waals surface area (Å²) in [5, 5.41) is 8.20. The SMILES string of the molecule is CCCCN(CC(=O)Nc1cc(-c2ccccc2)nn1-c1ccc(Cl)cc1)S(=O)(=O)c1c(C)cc(C)cc1C. The number of carbonyl (C=O) groups is 1. The van der Waals surface area contributed by atoms with E-state index in [0.29, 0.717) is 39.8 Å². The van der Waals surface area contributed by atoms with Gasteiger partial charge in [0.15, 0.2) is 0 Å². The highest BCUT2D eigenvalue weighted by molar-refractivity contribution is 7.89. The normalized spacial score (nSPS) is 11.6. The van der Waals surface area contributed by atoms with E-state index in [4.69, 9.17) is 16.7 Å². The van der Waals surface area contributed by atoms with Gasteiger partial charge in [-0.15, -0.1) is 0 Å². The minimum atomic E-state index is -3.91. The predicted octanol–water partition coefficient (Wildman–Crippen LogP) is 6.55. The first-order chi connectivity index (χ1) is 18.6. The maximum absolute atomic E-state index is 13.8. The van der Waals surface area contributed by atoms with Gasteiger partial charge >= 0.3 is 0 Å².